The second-order valence-corrected chi connectivity index (χ2v) is 7.11. The standard InChI is InChI=1S/C18H29NO2/c1-17(2,3)21-14-16(20)13-19-18(11-7-8-12-18)15-9-5-4-6-10-15/h4-6,9-10,16,19-20H,7-8,11-14H2,1-3H3. The minimum Gasteiger partial charge on any atom is -0.389 e. The van der Waals surface area contributed by atoms with E-state index in [0.717, 1.165) is 12.8 Å². The van der Waals surface area contributed by atoms with Gasteiger partial charge < -0.3 is 15.2 Å². The zero-order chi connectivity index (χ0) is 15.3. The molecule has 21 heavy (non-hydrogen) atoms. The first-order valence-electron chi connectivity index (χ1n) is 8.04. The normalized spacial score (nSPS) is 19.6. The minimum atomic E-state index is -0.467. The zero-order valence-electron chi connectivity index (χ0n) is 13.6. The van der Waals surface area contributed by atoms with Crippen molar-refractivity contribution in [1.29, 1.82) is 0 Å². The maximum Gasteiger partial charge on any atom is 0.0898 e. The van der Waals surface area contributed by atoms with E-state index in [1.807, 2.05) is 20.8 Å². The van der Waals surface area contributed by atoms with Gasteiger partial charge in [-0.1, -0.05) is 43.2 Å². The Balaban J connectivity index is 1.92. The Morgan fingerprint density at radius 2 is 1.81 bits per heavy atom. The number of hydrogen-bond donors (Lipinski definition) is 2. The number of nitrogens with one attached hydrogen (secondary N) is 1. The molecule has 1 aromatic carbocycles. The van der Waals surface area contributed by atoms with E-state index in [0.29, 0.717) is 13.2 Å². The van der Waals surface area contributed by atoms with Crippen LogP contribution in [0, 0.1) is 0 Å². The summed E-state index contributed by atoms with van der Waals surface area (Å²) in [5, 5.41) is 13.8. The maximum absolute atomic E-state index is 10.1. The fourth-order valence-electron chi connectivity index (χ4n) is 3.02. The topological polar surface area (TPSA) is 41.5 Å². The summed E-state index contributed by atoms with van der Waals surface area (Å²) >= 11 is 0. The van der Waals surface area contributed by atoms with Crippen molar-refractivity contribution < 1.29 is 9.84 Å². The lowest BCUT2D eigenvalue weighted by Gasteiger charge is -2.32. The molecular weight excluding hydrogens is 262 g/mol. The molecule has 1 aliphatic carbocycles. The monoisotopic (exact) mass is 291 g/mol. The largest absolute Gasteiger partial charge is 0.389 e. The van der Waals surface area contributed by atoms with Gasteiger partial charge in [0.25, 0.3) is 0 Å². The highest BCUT2D eigenvalue weighted by molar-refractivity contribution is 5.25. The van der Waals surface area contributed by atoms with E-state index in [9.17, 15) is 5.11 Å². The molecule has 1 unspecified atom stereocenters. The Bertz CT molecular complexity index is 419. The van der Waals surface area contributed by atoms with Gasteiger partial charge in [-0.05, 0) is 39.2 Å². The molecule has 2 rings (SSSR count). The molecule has 1 atom stereocenters. The van der Waals surface area contributed by atoms with Crippen molar-refractivity contribution in [3.05, 3.63) is 35.9 Å². The molecule has 0 radical (unpaired) electrons. The summed E-state index contributed by atoms with van der Waals surface area (Å²) in [6.45, 7) is 6.98. The van der Waals surface area contributed by atoms with Crippen LogP contribution >= 0.6 is 0 Å². The Morgan fingerprint density at radius 1 is 1.19 bits per heavy atom. The third-order valence-electron chi connectivity index (χ3n) is 4.17. The molecule has 0 amide bonds. The molecule has 0 heterocycles. The van der Waals surface area contributed by atoms with Gasteiger partial charge in [0.05, 0.1) is 18.3 Å². The molecule has 0 bridgehead atoms. The van der Waals surface area contributed by atoms with Crippen molar-refractivity contribution in [2.24, 2.45) is 0 Å². The molecule has 1 aliphatic rings. The number of aliphatic hydroxyl groups excluding tert-OH is 1. The van der Waals surface area contributed by atoms with Gasteiger partial charge in [0.15, 0.2) is 0 Å². The third-order valence-corrected chi connectivity index (χ3v) is 4.17. The van der Waals surface area contributed by atoms with Crippen LogP contribution in [0.25, 0.3) is 0 Å². The summed E-state index contributed by atoms with van der Waals surface area (Å²) in [5.41, 5.74) is 1.17. The van der Waals surface area contributed by atoms with E-state index in [2.05, 4.69) is 35.6 Å². The van der Waals surface area contributed by atoms with E-state index in [-0.39, 0.29) is 11.1 Å². The van der Waals surface area contributed by atoms with Crippen LogP contribution in [0.15, 0.2) is 30.3 Å². The zero-order valence-corrected chi connectivity index (χ0v) is 13.6. The molecule has 0 aromatic heterocycles. The van der Waals surface area contributed by atoms with E-state index >= 15 is 0 Å². The predicted octanol–water partition coefficient (Wildman–Crippen LogP) is 3.22. The quantitative estimate of drug-likeness (QED) is 0.845. The van der Waals surface area contributed by atoms with Crippen LogP contribution in [-0.4, -0.2) is 30.0 Å². The molecule has 0 saturated heterocycles. The lowest BCUT2D eigenvalue weighted by Crippen LogP contribution is -2.45. The molecule has 1 saturated carbocycles. The van der Waals surface area contributed by atoms with Crippen LogP contribution < -0.4 is 5.32 Å². The van der Waals surface area contributed by atoms with E-state index < -0.39 is 6.10 Å². The lowest BCUT2D eigenvalue weighted by atomic mass is 9.88. The summed E-state index contributed by atoms with van der Waals surface area (Å²) in [5.74, 6) is 0. The second kappa shape index (κ2) is 6.91. The first-order chi connectivity index (χ1) is 9.91. The van der Waals surface area contributed by atoms with Gasteiger partial charge >= 0.3 is 0 Å². The van der Waals surface area contributed by atoms with Crippen LogP contribution in [0.1, 0.15) is 52.0 Å². The van der Waals surface area contributed by atoms with Crippen LogP contribution in [0.4, 0.5) is 0 Å². The fraction of sp³-hybridized carbons (Fsp3) is 0.667. The molecule has 0 aliphatic heterocycles. The first kappa shape index (κ1) is 16.5. The van der Waals surface area contributed by atoms with Crippen molar-refractivity contribution in [2.45, 2.75) is 63.7 Å². The Morgan fingerprint density at radius 3 is 2.38 bits per heavy atom. The van der Waals surface area contributed by atoms with E-state index in [4.69, 9.17) is 4.74 Å². The van der Waals surface area contributed by atoms with Gasteiger partial charge in [0.1, 0.15) is 0 Å². The van der Waals surface area contributed by atoms with Crippen LogP contribution in [0.5, 0.6) is 0 Å². The van der Waals surface area contributed by atoms with Gasteiger partial charge in [-0.25, -0.2) is 0 Å². The average molecular weight is 291 g/mol. The molecule has 1 aromatic rings. The highest BCUT2D eigenvalue weighted by Gasteiger charge is 2.35. The van der Waals surface area contributed by atoms with Crippen LogP contribution in [0.3, 0.4) is 0 Å². The molecule has 1 fully saturated rings. The van der Waals surface area contributed by atoms with Gasteiger partial charge in [0.2, 0.25) is 0 Å². The van der Waals surface area contributed by atoms with Gasteiger partial charge in [-0.3, -0.25) is 0 Å². The molecule has 3 nitrogen and oxygen atoms in total. The number of benzene rings is 1. The molecule has 2 N–H and O–H groups in total. The molecular formula is C18H29NO2. The average Bonchev–Trinajstić information content (AvgIpc) is 2.93. The SMILES string of the molecule is CC(C)(C)OCC(O)CNC1(c2ccccc2)CCCC1. The fourth-order valence-corrected chi connectivity index (χ4v) is 3.02. The Labute approximate surface area is 128 Å². The highest BCUT2D eigenvalue weighted by atomic mass is 16.5. The van der Waals surface area contributed by atoms with Crippen LogP contribution in [-0.2, 0) is 10.3 Å². The van der Waals surface area contributed by atoms with E-state index in [1.54, 1.807) is 0 Å². The Hall–Kier alpha value is -0.900. The minimum absolute atomic E-state index is 0.0317. The van der Waals surface area contributed by atoms with E-state index in [1.165, 1.54) is 18.4 Å². The van der Waals surface area contributed by atoms with Crippen LogP contribution in [0.2, 0.25) is 0 Å². The van der Waals surface area contributed by atoms with Crippen molar-refractivity contribution in [3.8, 4) is 0 Å². The number of aliphatic hydroxyl groups is 1. The second-order valence-electron chi connectivity index (χ2n) is 7.11. The highest BCUT2D eigenvalue weighted by Crippen LogP contribution is 2.38. The van der Waals surface area contributed by atoms with Gasteiger partial charge in [0, 0.05) is 12.1 Å². The third kappa shape index (κ3) is 4.80. The summed E-state index contributed by atoms with van der Waals surface area (Å²) in [6, 6.07) is 10.6. The predicted molar refractivity (Wildman–Crippen MR) is 86.3 cm³/mol. The number of hydrogen-bond acceptors (Lipinski definition) is 3. The number of rotatable bonds is 6. The summed E-state index contributed by atoms with van der Waals surface area (Å²) in [6.07, 6.45) is 4.31. The van der Waals surface area contributed by atoms with Crippen molar-refractivity contribution in [1.82, 2.24) is 5.32 Å². The molecule has 0 spiro atoms. The van der Waals surface area contributed by atoms with Crippen molar-refractivity contribution in [3.63, 3.8) is 0 Å². The first-order valence-corrected chi connectivity index (χ1v) is 8.04. The van der Waals surface area contributed by atoms with Crippen molar-refractivity contribution >= 4 is 0 Å². The number of ether oxygens (including phenoxy) is 1. The summed E-state index contributed by atoms with van der Waals surface area (Å²) in [4.78, 5) is 0. The van der Waals surface area contributed by atoms with Crippen molar-refractivity contribution in [2.75, 3.05) is 13.2 Å². The van der Waals surface area contributed by atoms with Gasteiger partial charge in [-0.2, -0.15) is 0 Å². The summed E-state index contributed by atoms with van der Waals surface area (Å²) < 4.78 is 5.65. The molecule has 3 heteroatoms. The summed E-state index contributed by atoms with van der Waals surface area (Å²) in [7, 11) is 0. The Kier molecular flexibility index (Phi) is 5.42. The lowest BCUT2D eigenvalue weighted by molar-refractivity contribution is -0.0494. The maximum atomic E-state index is 10.1. The van der Waals surface area contributed by atoms with Gasteiger partial charge in [-0.15, -0.1) is 0 Å². The smallest absolute Gasteiger partial charge is 0.0898 e. The molecule has 118 valence electrons.